The zero-order valence-electron chi connectivity index (χ0n) is 15.9. The summed E-state index contributed by atoms with van der Waals surface area (Å²) < 4.78 is 24.3. The molecule has 1 amide bonds. The fraction of sp³-hybridized carbons (Fsp3) is 0.0952. The lowest BCUT2D eigenvalue weighted by atomic mass is 10.1. The topological polar surface area (TPSA) is 90.7 Å². The minimum atomic E-state index is -0.614. The number of amides is 1. The molecule has 0 aromatic heterocycles. The maximum Gasteiger partial charge on any atom is 0.313 e. The molecule has 3 aromatic carbocycles. The third kappa shape index (κ3) is 4.66. The SMILES string of the molecule is COc1cc(C(=O)Nc2cc(F)ccc2C)ccc1Oc1ccc(Cl)cc1[N+](=O)[O-]. The van der Waals surface area contributed by atoms with Crippen molar-refractivity contribution >= 4 is 28.9 Å². The number of hydrogen-bond donors (Lipinski definition) is 1. The number of benzene rings is 3. The number of ether oxygens (including phenoxy) is 2. The fourth-order valence-electron chi connectivity index (χ4n) is 2.65. The van der Waals surface area contributed by atoms with E-state index in [2.05, 4.69) is 5.32 Å². The summed E-state index contributed by atoms with van der Waals surface area (Å²) in [6.07, 6.45) is 0. The highest BCUT2D eigenvalue weighted by Gasteiger charge is 2.19. The molecule has 3 aromatic rings. The number of methoxy groups -OCH3 is 1. The Morgan fingerprint density at radius 1 is 1.07 bits per heavy atom. The van der Waals surface area contributed by atoms with Gasteiger partial charge in [-0.05, 0) is 55.0 Å². The summed E-state index contributed by atoms with van der Waals surface area (Å²) in [5, 5.41) is 14.1. The molecule has 30 heavy (non-hydrogen) atoms. The lowest BCUT2D eigenvalue weighted by molar-refractivity contribution is -0.385. The molecule has 9 heteroatoms. The molecule has 0 bridgehead atoms. The number of aryl methyl sites for hydroxylation is 1. The van der Waals surface area contributed by atoms with Gasteiger partial charge in [-0.3, -0.25) is 14.9 Å². The smallest absolute Gasteiger partial charge is 0.313 e. The first-order valence-corrected chi connectivity index (χ1v) is 9.03. The molecule has 0 aliphatic heterocycles. The second-order valence-corrected chi connectivity index (χ2v) is 6.69. The van der Waals surface area contributed by atoms with E-state index < -0.39 is 16.6 Å². The molecule has 0 radical (unpaired) electrons. The fourth-order valence-corrected chi connectivity index (χ4v) is 2.82. The quantitative estimate of drug-likeness (QED) is 0.397. The summed E-state index contributed by atoms with van der Waals surface area (Å²) in [7, 11) is 1.37. The van der Waals surface area contributed by atoms with Gasteiger partial charge >= 0.3 is 5.69 Å². The van der Waals surface area contributed by atoms with E-state index in [1.165, 1.54) is 55.6 Å². The van der Waals surface area contributed by atoms with Crippen molar-refractivity contribution in [2.45, 2.75) is 6.92 Å². The van der Waals surface area contributed by atoms with Crippen LogP contribution in [0.5, 0.6) is 17.2 Å². The average Bonchev–Trinajstić information content (AvgIpc) is 2.72. The number of nitro groups is 1. The van der Waals surface area contributed by atoms with Gasteiger partial charge in [0.1, 0.15) is 5.82 Å². The van der Waals surface area contributed by atoms with Crippen LogP contribution in [0.3, 0.4) is 0 Å². The van der Waals surface area contributed by atoms with Crippen LogP contribution in [0.4, 0.5) is 15.8 Å². The summed E-state index contributed by atoms with van der Waals surface area (Å²) >= 11 is 5.81. The van der Waals surface area contributed by atoms with Crippen LogP contribution in [0.2, 0.25) is 5.02 Å². The van der Waals surface area contributed by atoms with Crippen LogP contribution in [0.1, 0.15) is 15.9 Å². The van der Waals surface area contributed by atoms with Crippen molar-refractivity contribution in [2.75, 3.05) is 12.4 Å². The second-order valence-electron chi connectivity index (χ2n) is 6.25. The third-order valence-corrected chi connectivity index (χ3v) is 4.45. The first-order valence-electron chi connectivity index (χ1n) is 8.66. The number of halogens is 2. The Hall–Kier alpha value is -3.65. The Labute approximate surface area is 176 Å². The van der Waals surface area contributed by atoms with Crippen LogP contribution >= 0.6 is 11.6 Å². The lowest BCUT2D eigenvalue weighted by Crippen LogP contribution is -2.13. The summed E-state index contributed by atoms with van der Waals surface area (Å²) in [5.41, 5.74) is 0.962. The summed E-state index contributed by atoms with van der Waals surface area (Å²) in [5.74, 6) is -0.632. The Balaban J connectivity index is 1.87. The monoisotopic (exact) mass is 430 g/mol. The minimum Gasteiger partial charge on any atom is -0.493 e. The van der Waals surface area contributed by atoms with Gasteiger partial charge in [0.05, 0.1) is 12.0 Å². The number of carbonyl (C=O) groups is 1. The maximum atomic E-state index is 13.4. The van der Waals surface area contributed by atoms with E-state index in [9.17, 15) is 19.3 Å². The van der Waals surface area contributed by atoms with Crippen molar-refractivity contribution in [2.24, 2.45) is 0 Å². The number of anilines is 1. The lowest BCUT2D eigenvalue weighted by Gasteiger charge is -2.13. The van der Waals surface area contributed by atoms with Crippen LogP contribution in [0, 0.1) is 22.9 Å². The molecule has 0 spiro atoms. The molecule has 0 saturated heterocycles. The van der Waals surface area contributed by atoms with Gasteiger partial charge in [0.2, 0.25) is 5.75 Å². The van der Waals surface area contributed by atoms with E-state index in [-0.39, 0.29) is 33.5 Å². The standard InChI is InChI=1S/C21H16ClFN2O5/c1-12-3-6-15(23)11-16(12)24-21(26)13-4-7-19(20(9-13)29-2)30-18-8-5-14(22)10-17(18)25(27)28/h3-11H,1-2H3,(H,24,26). The van der Waals surface area contributed by atoms with Crippen LogP contribution in [0.25, 0.3) is 0 Å². The predicted octanol–water partition coefficient (Wildman–Crippen LogP) is 5.75. The van der Waals surface area contributed by atoms with Gasteiger partial charge in [-0.15, -0.1) is 0 Å². The van der Waals surface area contributed by atoms with Crippen LogP contribution < -0.4 is 14.8 Å². The molecule has 0 aliphatic rings. The highest BCUT2D eigenvalue weighted by atomic mass is 35.5. The molecule has 0 aliphatic carbocycles. The zero-order chi connectivity index (χ0) is 21.8. The Bertz CT molecular complexity index is 1140. The maximum absolute atomic E-state index is 13.4. The number of nitro benzene ring substituents is 1. The van der Waals surface area contributed by atoms with Gasteiger partial charge in [-0.2, -0.15) is 0 Å². The Morgan fingerprint density at radius 3 is 2.50 bits per heavy atom. The Morgan fingerprint density at radius 2 is 1.80 bits per heavy atom. The van der Waals surface area contributed by atoms with Crippen molar-refractivity contribution in [1.29, 1.82) is 0 Å². The molecule has 0 saturated carbocycles. The van der Waals surface area contributed by atoms with Gasteiger partial charge in [-0.25, -0.2) is 4.39 Å². The number of nitrogens with zero attached hydrogens (tertiary/aromatic N) is 1. The van der Waals surface area contributed by atoms with Crippen molar-refractivity contribution in [3.8, 4) is 17.2 Å². The van der Waals surface area contributed by atoms with E-state index >= 15 is 0 Å². The predicted molar refractivity (Wildman–Crippen MR) is 110 cm³/mol. The molecule has 1 N–H and O–H groups in total. The highest BCUT2D eigenvalue weighted by molar-refractivity contribution is 6.30. The third-order valence-electron chi connectivity index (χ3n) is 4.21. The van der Waals surface area contributed by atoms with E-state index in [1.54, 1.807) is 13.0 Å². The summed E-state index contributed by atoms with van der Waals surface area (Å²) in [4.78, 5) is 23.2. The van der Waals surface area contributed by atoms with Crippen molar-refractivity contribution in [3.05, 3.63) is 86.7 Å². The largest absolute Gasteiger partial charge is 0.493 e. The van der Waals surface area contributed by atoms with Gasteiger partial charge < -0.3 is 14.8 Å². The van der Waals surface area contributed by atoms with Crippen molar-refractivity contribution in [3.63, 3.8) is 0 Å². The molecule has 3 rings (SSSR count). The summed E-state index contributed by atoms with van der Waals surface area (Å²) in [6.45, 7) is 1.74. The molecule has 0 atom stereocenters. The van der Waals surface area contributed by atoms with E-state index in [0.717, 1.165) is 0 Å². The van der Waals surface area contributed by atoms with Gasteiger partial charge in [0, 0.05) is 22.3 Å². The van der Waals surface area contributed by atoms with Gasteiger partial charge in [-0.1, -0.05) is 17.7 Å². The zero-order valence-corrected chi connectivity index (χ0v) is 16.7. The van der Waals surface area contributed by atoms with Crippen molar-refractivity contribution < 1.29 is 23.6 Å². The highest BCUT2D eigenvalue weighted by Crippen LogP contribution is 2.38. The van der Waals surface area contributed by atoms with Crippen LogP contribution in [0.15, 0.2) is 54.6 Å². The molecular formula is C21H16ClFN2O5. The average molecular weight is 431 g/mol. The Kier molecular flexibility index (Phi) is 6.17. The number of rotatable bonds is 6. The molecule has 154 valence electrons. The van der Waals surface area contributed by atoms with Gasteiger partial charge in [0.15, 0.2) is 11.5 Å². The normalized spacial score (nSPS) is 10.4. The number of nitrogens with one attached hydrogen (secondary N) is 1. The van der Waals surface area contributed by atoms with E-state index in [4.69, 9.17) is 21.1 Å². The minimum absolute atomic E-state index is 0.0321. The number of hydrogen-bond acceptors (Lipinski definition) is 5. The first kappa shape index (κ1) is 21.1. The van der Waals surface area contributed by atoms with Crippen LogP contribution in [-0.2, 0) is 0 Å². The molecule has 0 fully saturated rings. The molecular weight excluding hydrogens is 415 g/mol. The van der Waals surface area contributed by atoms with E-state index in [1.807, 2.05) is 0 Å². The van der Waals surface area contributed by atoms with Gasteiger partial charge in [0.25, 0.3) is 5.91 Å². The molecule has 7 nitrogen and oxygen atoms in total. The first-order chi connectivity index (χ1) is 14.3. The van der Waals surface area contributed by atoms with E-state index in [0.29, 0.717) is 11.3 Å². The van der Waals surface area contributed by atoms with Crippen molar-refractivity contribution in [1.82, 2.24) is 0 Å². The number of carbonyl (C=O) groups excluding carboxylic acids is 1. The van der Waals surface area contributed by atoms with Crippen LogP contribution in [-0.4, -0.2) is 17.9 Å². The second kappa shape index (κ2) is 8.79. The summed E-state index contributed by atoms with van der Waals surface area (Å²) in [6, 6.07) is 12.4. The molecule has 0 heterocycles. The molecule has 0 unspecified atom stereocenters.